The van der Waals surface area contributed by atoms with Crippen molar-refractivity contribution in [3.63, 3.8) is 0 Å². The number of amidine groups is 1. The van der Waals surface area contributed by atoms with Crippen LogP contribution in [0.1, 0.15) is 60.7 Å². The van der Waals surface area contributed by atoms with Gasteiger partial charge in [-0.05, 0) is 65.0 Å². The molecule has 0 unspecified atom stereocenters. The Kier molecular flexibility index (Phi) is 8.36. The van der Waals surface area contributed by atoms with Crippen molar-refractivity contribution in [3.05, 3.63) is 70.1 Å². The molecule has 0 spiro atoms. The summed E-state index contributed by atoms with van der Waals surface area (Å²) in [6, 6.07) is 9.47. The first kappa shape index (κ1) is 27.9. The van der Waals surface area contributed by atoms with Crippen molar-refractivity contribution in [2.24, 2.45) is 9.98 Å². The molecule has 3 heterocycles. The van der Waals surface area contributed by atoms with E-state index in [4.69, 9.17) is 16.3 Å². The highest BCUT2D eigenvalue weighted by Gasteiger charge is 2.33. The van der Waals surface area contributed by atoms with Crippen LogP contribution in [0.4, 0.5) is 0 Å². The summed E-state index contributed by atoms with van der Waals surface area (Å²) in [7, 11) is 0. The van der Waals surface area contributed by atoms with E-state index < -0.39 is 0 Å². The molecule has 9 nitrogen and oxygen atoms in total. The minimum atomic E-state index is -0.357. The highest BCUT2D eigenvalue weighted by atomic mass is 35.5. The van der Waals surface area contributed by atoms with Gasteiger partial charge in [0, 0.05) is 24.2 Å². The number of aromatic nitrogens is 2. The SMILES string of the molecule is C=N/C(=C\N=C(/C)N1CCC(C)(NC(=O)c2c(C)cccc2Cl)CC1)c1cc(OCC)cn2ncc(C#N)c12. The normalized spacial score (nSPS) is 15.6. The molecule has 202 valence electrons. The average molecular weight is 546 g/mol. The van der Waals surface area contributed by atoms with Crippen LogP contribution in [0.5, 0.6) is 5.75 Å². The van der Waals surface area contributed by atoms with Crippen LogP contribution in [-0.4, -0.2) is 58.2 Å². The maximum Gasteiger partial charge on any atom is 0.253 e. The van der Waals surface area contributed by atoms with E-state index in [1.165, 1.54) is 6.20 Å². The zero-order chi connectivity index (χ0) is 28.2. The van der Waals surface area contributed by atoms with Gasteiger partial charge in [-0.25, -0.2) is 9.51 Å². The molecular formula is C29H32ClN7O2. The molecule has 0 atom stereocenters. The van der Waals surface area contributed by atoms with Crippen molar-refractivity contribution < 1.29 is 9.53 Å². The number of halogens is 1. The minimum Gasteiger partial charge on any atom is -0.492 e. The first-order chi connectivity index (χ1) is 18.7. The fourth-order valence-corrected chi connectivity index (χ4v) is 5.06. The molecule has 4 rings (SSSR count). The second kappa shape index (κ2) is 11.7. The predicted octanol–water partition coefficient (Wildman–Crippen LogP) is 5.27. The molecule has 1 aromatic carbocycles. The molecule has 1 fully saturated rings. The summed E-state index contributed by atoms with van der Waals surface area (Å²) in [5, 5.41) is 17.5. The van der Waals surface area contributed by atoms with Crippen molar-refractivity contribution in [1.82, 2.24) is 19.8 Å². The van der Waals surface area contributed by atoms with Gasteiger partial charge in [0.15, 0.2) is 0 Å². The largest absolute Gasteiger partial charge is 0.492 e. The molecule has 39 heavy (non-hydrogen) atoms. The number of nitrogens with zero attached hydrogens (tertiary/aromatic N) is 6. The van der Waals surface area contributed by atoms with Gasteiger partial charge in [0.05, 0.1) is 52.6 Å². The molecule has 3 aromatic rings. The third kappa shape index (κ3) is 5.96. The lowest BCUT2D eigenvalue weighted by Gasteiger charge is -2.40. The molecule has 0 aliphatic carbocycles. The molecule has 1 N–H and O–H groups in total. The number of amides is 1. The number of ether oxygens (including phenoxy) is 1. The minimum absolute atomic E-state index is 0.152. The number of hydrogen-bond donors (Lipinski definition) is 1. The molecule has 1 aliphatic heterocycles. The van der Waals surface area contributed by atoms with E-state index in [-0.39, 0.29) is 11.4 Å². The molecule has 2 aromatic heterocycles. The molecular weight excluding hydrogens is 514 g/mol. The monoisotopic (exact) mass is 545 g/mol. The molecule has 1 aliphatic rings. The number of benzene rings is 1. The number of rotatable bonds is 7. The molecule has 0 radical (unpaired) electrons. The van der Waals surface area contributed by atoms with Gasteiger partial charge in [-0.2, -0.15) is 10.4 Å². The van der Waals surface area contributed by atoms with E-state index in [2.05, 4.69) is 45.0 Å². The predicted molar refractivity (Wildman–Crippen MR) is 155 cm³/mol. The number of aliphatic imine (C=N–C) groups is 2. The number of carbonyl (C=O) groups excluding carboxylic acids is 1. The van der Waals surface area contributed by atoms with Crippen molar-refractivity contribution in [1.29, 1.82) is 5.26 Å². The van der Waals surface area contributed by atoms with Gasteiger partial charge in [0.2, 0.25) is 0 Å². The number of likely N-dealkylation sites (tertiary alicyclic amines) is 1. The van der Waals surface area contributed by atoms with Gasteiger partial charge in [-0.15, -0.1) is 0 Å². The summed E-state index contributed by atoms with van der Waals surface area (Å²) >= 11 is 6.31. The number of carbonyl (C=O) groups is 1. The summed E-state index contributed by atoms with van der Waals surface area (Å²) in [6.45, 7) is 13.5. The summed E-state index contributed by atoms with van der Waals surface area (Å²) in [5.41, 5.74) is 3.22. The van der Waals surface area contributed by atoms with E-state index in [0.717, 1.165) is 37.3 Å². The van der Waals surface area contributed by atoms with Gasteiger partial charge in [-0.3, -0.25) is 9.79 Å². The number of nitriles is 1. The highest BCUT2D eigenvalue weighted by Crippen LogP contribution is 2.29. The molecule has 1 saturated heterocycles. The fraction of sp³-hybridized carbons (Fsp3) is 0.345. The van der Waals surface area contributed by atoms with Crippen LogP contribution in [0.15, 0.2) is 52.8 Å². The first-order valence-corrected chi connectivity index (χ1v) is 13.2. The smallest absolute Gasteiger partial charge is 0.253 e. The van der Waals surface area contributed by atoms with Crippen LogP contribution in [-0.2, 0) is 0 Å². The van der Waals surface area contributed by atoms with Crippen LogP contribution in [0.3, 0.4) is 0 Å². The van der Waals surface area contributed by atoms with Crippen LogP contribution >= 0.6 is 11.6 Å². The lowest BCUT2D eigenvalue weighted by Crippen LogP contribution is -2.54. The van der Waals surface area contributed by atoms with Gasteiger partial charge < -0.3 is 15.0 Å². The topological polar surface area (TPSA) is 107 Å². The van der Waals surface area contributed by atoms with E-state index in [1.807, 2.05) is 39.0 Å². The molecule has 0 bridgehead atoms. The fourth-order valence-electron chi connectivity index (χ4n) is 4.76. The van der Waals surface area contributed by atoms with Gasteiger partial charge in [0.25, 0.3) is 5.91 Å². The number of piperidine rings is 1. The summed E-state index contributed by atoms with van der Waals surface area (Å²) in [6.07, 6.45) is 6.40. The van der Waals surface area contributed by atoms with Crippen molar-refractivity contribution in [2.75, 3.05) is 19.7 Å². The van der Waals surface area contributed by atoms with Crippen molar-refractivity contribution in [2.45, 2.75) is 46.1 Å². The Labute approximate surface area is 233 Å². The van der Waals surface area contributed by atoms with Crippen LogP contribution in [0.2, 0.25) is 5.02 Å². The van der Waals surface area contributed by atoms with Crippen molar-refractivity contribution in [3.8, 4) is 11.8 Å². The van der Waals surface area contributed by atoms with E-state index in [1.54, 1.807) is 23.0 Å². The molecule has 0 saturated carbocycles. The summed E-state index contributed by atoms with van der Waals surface area (Å²) in [4.78, 5) is 24.1. The third-order valence-electron chi connectivity index (χ3n) is 7.03. The zero-order valence-corrected chi connectivity index (χ0v) is 23.4. The Morgan fingerprint density at radius 3 is 2.77 bits per heavy atom. The quantitative estimate of drug-likeness (QED) is 0.321. The summed E-state index contributed by atoms with van der Waals surface area (Å²) < 4.78 is 7.30. The molecule has 1 amide bonds. The molecule has 10 heteroatoms. The first-order valence-electron chi connectivity index (χ1n) is 12.8. The average Bonchev–Trinajstić information content (AvgIpc) is 3.32. The lowest BCUT2D eigenvalue weighted by atomic mass is 9.89. The highest BCUT2D eigenvalue weighted by molar-refractivity contribution is 6.34. The zero-order valence-electron chi connectivity index (χ0n) is 22.7. The van der Waals surface area contributed by atoms with Crippen LogP contribution < -0.4 is 10.1 Å². The maximum atomic E-state index is 13.0. The number of hydrogen-bond acceptors (Lipinski definition) is 6. The Hall–Kier alpha value is -4.16. The third-order valence-corrected chi connectivity index (χ3v) is 7.34. The second-order valence-electron chi connectivity index (χ2n) is 9.77. The maximum absolute atomic E-state index is 13.0. The Morgan fingerprint density at radius 1 is 1.38 bits per heavy atom. The van der Waals surface area contributed by atoms with E-state index in [0.29, 0.717) is 45.3 Å². The second-order valence-corrected chi connectivity index (χ2v) is 10.2. The van der Waals surface area contributed by atoms with Crippen LogP contribution in [0.25, 0.3) is 11.2 Å². The van der Waals surface area contributed by atoms with Gasteiger partial charge >= 0.3 is 0 Å². The lowest BCUT2D eigenvalue weighted by molar-refractivity contribution is 0.0867. The van der Waals surface area contributed by atoms with Gasteiger partial charge in [-0.1, -0.05) is 23.7 Å². The Balaban J connectivity index is 1.51. The van der Waals surface area contributed by atoms with E-state index in [9.17, 15) is 10.1 Å². The number of pyridine rings is 1. The standard InChI is InChI=1S/C29H32ClN7O2/c1-6-39-22-14-23(27-21(15-31)16-34-37(27)18-22)25(32-5)17-33-20(3)36-12-10-29(4,11-13-36)35-28(38)26-19(2)8-7-9-24(26)30/h7-9,14,16-18H,5-6,10-13H2,1-4H3,(H,35,38)/b25-17-,33-20+. The Bertz CT molecular complexity index is 1490. The van der Waals surface area contributed by atoms with Crippen LogP contribution in [0, 0.1) is 18.3 Å². The number of fused-ring (bicyclic) bond motifs is 1. The van der Waals surface area contributed by atoms with Gasteiger partial charge in [0.1, 0.15) is 17.7 Å². The number of aryl methyl sites for hydroxylation is 1. The van der Waals surface area contributed by atoms with Crippen molar-refractivity contribution >= 4 is 41.3 Å². The Morgan fingerprint density at radius 2 is 2.13 bits per heavy atom. The number of nitrogens with one attached hydrogen (secondary N) is 1. The summed E-state index contributed by atoms with van der Waals surface area (Å²) in [5.74, 6) is 1.27. The van der Waals surface area contributed by atoms with E-state index >= 15 is 0 Å².